The lowest BCUT2D eigenvalue weighted by Crippen LogP contribution is -2.20. The second-order valence-corrected chi connectivity index (χ2v) is 3.75. The largest absolute Gasteiger partial charge is 0.394 e. The van der Waals surface area contributed by atoms with Gasteiger partial charge in [-0.1, -0.05) is 18.2 Å². The van der Waals surface area contributed by atoms with E-state index in [1.807, 2.05) is 7.05 Å². The van der Waals surface area contributed by atoms with Crippen LogP contribution in [0.1, 0.15) is 5.56 Å². The summed E-state index contributed by atoms with van der Waals surface area (Å²) >= 11 is 0. The van der Waals surface area contributed by atoms with Crippen molar-refractivity contribution >= 4 is 11.5 Å². The molecule has 1 aromatic carbocycles. The zero-order valence-corrected chi connectivity index (χ0v) is 9.47. The van der Waals surface area contributed by atoms with Gasteiger partial charge >= 0.3 is 0 Å². The summed E-state index contributed by atoms with van der Waals surface area (Å²) in [6.45, 7) is 0.411. The highest BCUT2D eigenvalue weighted by Gasteiger charge is 2.09. The first kappa shape index (κ1) is 11.3. The van der Waals surface area contributed by atoms with Gasteiger partial charge in [0.25, 0.3) is 0 Å². The van der Waals surface area contributed by atoms with Gasteiger partial charge in [-0.25, -0.2) is 14.4 Å². The second-order valence-electron chi connectivity index (χ2n) is 3.75. The number of nitrogens with two attached hydrogens (primary N) is 1. The maximum absolute atomic E-state index is 13.5. The number of rotatable bonds is 3. The zero-order valence-electron chi connectivity index (χ0n) is 9.47. The molecule has 17 heavy (non-hydrogen) atoms. The molecule has 0 aliphatic carbocycles. The summed E-state index contributed by atoms with van der Waals surface area (Å²) in [5.74, 6) is 0.371. The van der Waals surface area contributed by atoms with E-state index in [4.69, 9.17) is 5.73 Å². The molecule has 0 atom stereocenters. The van der Waals surface area contributed by atoms with E-state index in [1.54, 1.807) is 23.1 Å². The molecule has 0 saturated heterocycles. The van der Waals surface area contributed by atoms with Crippen LogP contribution < -0.4 is 10.6 Å². The molecule has 2 aromatic rings. The van der Waals surface area contributed by atoms with Gasteiger partial charge in [0.15, 0.2) is 5.82 Å². The molecule has 1 aromatic heterocycles. The number of halogens is 1. The molecule has 88 valence electrons. The molecule has 2 rings (SSSR count). The van der Waals surface area contributed by atoms with Crippen molar-refractivity contribution in [1.29, 1.82) is 0 Å². The molecule has 4 nitrogen and oxygen atoms in total. The lowest BCUT2D eigenvalue weighted by molar-refractivity contribution is 0.607. The predicted octanol–water partition coefficient (Wildman–Crippen LogP) is 1.83. The average molecular weight is 232 g/mol. The van der Waals surface area contributed by atoms with Gasteiger partial charge in [-0.15, -0.1) is 0 Å². The van der Waals surface area contributed by atoms with Crippen molar-refractivity contribution in [2.24, 2.45) is 0 Å². The van der Waals surface area contributed by atoms with E-state index in [1.165, 1.54) is 18.6 Å². The molecule has 0 radical (unpaired) electrons. The van der Waals surface area contributed by atoms with Gasteiger partial charge in [0.1, 0.15) is 12.1 Å². The summed E-state index contributed by atoms with van der Waals surface area (Å²) in [5.41, 5.74) is 6.84. The molecule has 0 fully saturated rings. The van der Waals surface area contributed by atoms with Crippen molar-refractivity contribution in [3.05, 3.63) is 48.2 Å². The minimum atomic E-state index is -0.230. The molecule has 0 spiro atoms. The minimum absolute atomic E-state index is 0.230. The van der Waals surface area contributed by atoms with Crippen LogP contribution in [-0.2, 0) is 6.54 Å². The fourth-order valence-electron chi connectivity index (χ4n) is 1.61. The Morgan fingerprint density at radius 1 is 1.35 bits per heavy atom. The van der Waals surface area contributed by atoms with E-state index in [9.17, 15) is 4.39 Å². The second kappa shape index (κ2) is 4.78. The van der Waals surface area contributed by atoms with Gasteiger partial charge in [0.05, 0.1) is 11.9 Å². The van der Waals surface area contributed by atoms with Crippen LogP contribution in [0.2, 0.25) is 0 Å². The number of benzene rings is 1. The monoisotopic (exact) mass is 232 g/mol. The van der Waals surface area contributed by atoms with Crippen molar-refractivity contribution in [2.75, 3.05) is 17.7 Å². The number of anilines is 2. The highest BCUT2D eigenvalue weighted by molar-refractivity contribution is 5.60. The topological polar surface area (TPSA) is 55.0 Å². The Kier molecular flexibility index (Phi) is 3.18. The van der Waals surface area contributed by atoms with Crippen LogP contribution in [0.5, 0.6) is 0 Å². The van der Waals surface area contributed by atoms with Gasteiger partial charge in [0, 0.05) is 19.2 Å². The summed E-state index contributed by atoms with van der Waals surface area (Å²) in [7, 11) is 1.81. The van der Waals surface area contributed by atoms with Crippen molar-refractivity contribution in [2.45, 2.75) is 6.54 Å². The molecule has 1 heterocycles. The van der Waals surface area contributed by atoms with Crippen molar-refractivity contribution in [3.63, 3.8) is 0 Å². The lowest BCUT2D eigenvalue weighted by Gasteiger charge is -2.19. The van der Waals surface area contributed by atoms with Crippen LogP contribution in [0.15, 0.2) is 36.8 Å². The number of nitrogen functional groups attached to an aromatic ring is 1. The van der Waals surface area contributed by atoms with Crippen LogP contribution in [0.25, 0.3) is 0 Å². The first-order valence-electron chi connectivity index (χ1n) is 5.18. The molecule has 0 amide bonds. The molecule has 0 aliphatic heterocycles. The fraction of sp³-hybridized carbons (Fsp3) is 0.167. The summed E-state index contributed by atoms with van der Waals surface area (Å²) in [6.07, 6.45) is 2.95. The summed E-state index contributed by atoms with van der Waals surface area (Å²) in [4.78, 5) is 9.67. The van der Waals surface area contributed by atoms with Crippen molar-refractivity contribution < 1.29 is 4.39 Å². The smallest absolute Gasteiger partial charge is 0.155 e. The molecule has 2 N–H and O–H groups in total. The van der Waals surface area contributed by atoms with Gasteiger partial charge in [-0.05, 0) is 6.07 Å². The third-order valence-electron chi connectivity index (χ3n) is 2.45. The maximum atomic E-state index is 13.5. The Bertz CT molecular complexity index is 515. The SMILES string of the molecule is CN(Cc1ccccc1F)c1ncncc1N. The predicted molar refractivity (Wildman–Crippen MR) is 65.0 cm³/mol. The van der Waals surface area contributed by atoms with Crippen molar-refractivity contribution in [1.82, 2.24) is 9.97 Å². The van der Waals surface area contributed by atoms with Gasteiger partial charge in [-0.2, -0.15) is 0 Å². The summed E-state index contributed by atoms with van der Waals surface area (Å²) < 4.78 is 13.5. The summed E-state index contributed by atoms with van der Waals surface area (Å²) in [6, 6.07) is 6.64. The number of hydrogen-bond acceptors (Lipinski definition) is 4. The third kappa shape index (κ3) is 2.50. The van der Waals surface area contributed by atoms with Gasteiger partial charge in [0.2, 0.25) is 0 Å². The molecule has 0 saturated carbocycles. The van der Waals surface area contributed by atoms with Crippen LogP contribution in [0.3, 0.4) is 0 Å². The number of aromatic nitrogens is 2. The molecule has 5 heteroatoms. The average Bonchev–Trinajstić information content (AvgIpc) is 2.32. The number of hydrogen-bond donors (Lipinski definition) is 1. The van der Waals surface area contributed by atoms with Gasteiger partial charge < -0.3 is 10.6 Å². The fourth-order valence-corrected chi connectivity index (χ4v) is 1.61. The summed E-state index contributed by atoms with van der Waals surface area (Å²) in [5, 5.41) is 0. The van der Waals surface area contributed by atoms with Crippen molar-refractivity contribution in [3.8, 4) is 0 Å². The van der Waals surface area contributed by atoms with E-state index in [-0.39, 0.29) is 5.82 Å². The molecular weight excluding hydrogens is 219 g/mol. The standard InChI is InChI=1S/C12H13FN4/c1-17(12-11(14)6-15-8-16-12)7-9-4-2-3-5-10(9)13/h2-6,8H,7,14H2,1H3. The zero-order chi connectivity index (χ0) is 12.3. The molecule has 0 unspecified atom stereocenters. The van der Waals surface area contributed by atoms with Crippen LogP contribution >= 0.6 is 0 Å². The van der Waals surface area contributed by atoms with E-state index < -0.39 is 0 Å². The Morgan fingerprint density at radius 2 is 2.12 bits per heavy atom. The van der Waals surface area contributed by atoms with E-state index >= 15 is 0 Å². The van der Waals surface area contributed by atoms with Crippen LogP contribution in [-0.4, -0.2) is 17.0 Å². The highest BCUT2D eigenvalue weighted by atomic mass is 19.1. The lowest BCUT2D eigenvalue weighted by atomic mass is 10.2. The normalized spacial score (nSPS) is 10.2. The minimum Gasteiger partial charge on any atom is -0.394 e. The molecular formula is C12H13FN4. The maximum Gasteiger partial charge on any atom is 0.155 e. The van der Waals surface area contributed by atoms with Crippen LogP contribution in [0.4, 0.5) is 15.9 Å². The first-order valence-corrected chi connectivity index (χ1v) is 5.18. The Hall–Kier alpha value is -2.17. The Morgan fingerprint density at radius 3 is 2.82 bits per heavy atom. The third-order valence-corrected chi connectivity index (χ3v) is 2.45. The molecule has 0 bridgehead atoms. The highest BCUT2D eigenvalue weighted by Crippen LogP contribution is 2.19. The number of nitrogens with zero attached hydrogens (tertiary/aromatic N) is 3. The van der Waals surface area contributed by atoms with E-state index in [2.05, 4.69) is 9.97 Å². The molecule has 0 aliphatic rings. The first-order chi connectivity index (χ1) is 8.18. The Balaban J connectivity index is 2.20. The quantitative estimate of drug-likeness (QED) is 0.877. The van der Waals surface area contributed by atoms with Gasteiger partial charge in [-0.3, -0.25) is 0 Å². The Labute approximate surface area is 98.9 Å². The van der Waals surface area contributed by atoms with E-state index in [0.717, 1.165) is 0 Å². The van der Waals surface area contributed by atoms with Crippen LogP contribution in [0, 0.1) is 5.82 Å². The van der Waals surface area contributed by atoms with E-state index in [0.29, 0.717) is 23.6 Å².